The van der Waals surface area contributed by atoms with Gasteiger partial charge in [0.15, 0.2) is 5.16 Å². The smallest absolute Gasteiger partial charge is 0.272 e. The van der Waals surface area contributed by atoms with Crippen molar-refractivity contribution in [3.05, 3.63) is 57.2 Å². The Morgan fingerprint density at radius 3 is 2.74 bits per heavy atom. The Bertz CT molecular complexity index is 1060. The van der Waals surface area contributed by atoms with E-state index in [0.717, 1.165) is 21.1 Å². The molecule has 0 spiro atoms. The highest BCUT2D eigenvalue weighted by Gasteiger charge is 2.15. The van der Waals surface area contributed by atoms with Gasteiger partial charge in [0.2, 0.25) is 5.78 Å². The maximum atomic E-state index is 12.3. The molecular weight excluding hydrogens is 328 g/mol. The second-order valence-corrected chi connectivity index (χ2v) is 7.25. The third kappa shape index (κ3) is 2.36. The molecule has 5 nitrogen and oxygen atoms in total. The third-order valence-electron chi connectivity index (χ3n) is 3.79. The Hall–Kier alpha value is -2.12. The van der Waals surface area contributed by atoms with E-state index in [4.69, 9.17) is 0 Å². The Kier molecular flexibility index (Phi) is 3.46. The second-order valence-electron chi connectivity index (χ2n) is 5.39. The van der Waals surface area contributed by atoms with Gasteiger partial charge in [-0.05, 0) is 23.9 Å². The van der Waals surface area contributed by atoms with E-state index in [9.17, 15) is 4.79 Å². The molecule has 0 saturated heterocycles. The molecule has 7 heteroatoms. The maximum absolute atomic E-state index is 12.3. The second kappa shape index (κ2) is 5.50. The van der Waals surface area contributed by atoms with E-state index in [1.165, 1.54) is 22.5 Å². The van der Waals surface area contributed by atoms with Crippen molar-refractivity contribution in [1.82, 2.24) is 19.2 Å². The van der Waals surface area contributed by atoms with Gasteiger partial charge in [0.05, 0.1) is 5.52 Å². The number of thioether (sulfide) groups is 1. The van der Waals surface area contributed by atoms with Gasteiger partial charge < -0.3 is 0 Å². The molecule has 0 aliphatic carbocycles. The van der Waals surface area contributed by atoms with Crippen LogP contribution in [0.4, 0.5) is 0 Å². The van der Waals surface area contributed by atoms with Gasteiger partial charge in [-0.3, -0.25) is 13.8 Å². The molecule has 4 aromatic rings. The molecule has 1 aromatic carbocycles. The quantitative estimate of drug-likeness (QED) is 0.536. The molecule has 0 amide bonds. The molecule has 0 aliphatic heterocycles. The molecular formula is C16H14N4OS2. The van der Waals surface area contributed by atoms with E-state index in [-0.39, 0.29) is 5.56 Å². The van der Waals surface area contributed by atoms with Crippen molar-refractivity contribution in [1.29, 1.82) is 0 Å². The topological polar surface area (TPSA) is 52.2 Å². The molecule has 3 aromatic heterocycles. The molecule has 116 valence electrons. The number of fused-ring (bicyclic) bond motifs is 3. The minimum atomic E-state index is -0.0232. The predicted molar refractivity (Wildman–Crippen MR) is 94.4 cm³/mol. The summed E-state index contributed by atoms with van der Waals surface area (Å²) in [6, 6.07) is 10.4. The first-order valence-corrected chi connectivity index (χ1v) is 9.01. The van der Waals surface area contributed by atoms with Gasteiger partial charge in [-0.2, -0.15) is 0 Å². The summed E-state index contributed by atoms with van der Waals surface area (Å²) >= 11 is 3.08. The molecule has 0 radical (unpaired) electrons. The van der Waals surface area contributed by atoms with Gasteiger partial charge in [0, 0.05) is 12.8 Å². The van der Waals surface area contributed by atoms with Crippen LogP contribution in [0, 0.1) is 6.92 Å². The summed E-state index contributed by atoms with van der Waals surface area (Å²) in [7, 11) is 1.74. The van der Waals surface area contributed by atoms with E-state index in [1.807, 2.05) is 15.8 Å². The monoisotopic (exact) mass is 342 g/mol. The molecule has 0 saturated carbocycles. The lowest BCUT2D eigenvalue weighted by Gasteiger charge is -2.05. The standard InChI is InChI=1S/C16H14N4OS2/c1-10-3-5-11(6-4-10)9-23-16-18-17-15-19(2)14(21)13-12(20(15)16)7-8-22-13/h3-8H,9H2,1-2H3. The number of rotatable bonds is 3. The number of benzene rings is 1. The summed E-state index contributed by atoms with van der Waals surface area (Å²) in [5.41, 5.74) is 3.35. The van der Waals surface area contributed by atoms with Gasteiger partial charge in [-0.25, -0.2) is 0 Å². The van der Waals surface area contributed by atoms with Crippen molar-refractivity contribution in [2.75, 3.05) is 0 Å². The fraction of sp³-hybridized carbons (Fsp3) is 0.188. The van der Waals surface area contributed by atoms with E-state index >= 15 is 0 Å². The first-order chi connectivity index (χ1) is 11.1. The first-order valence-electron chi connectivity index (χ1n) is 7.15. The lowest BCUT2D eigenvalue weighted by molar-refractivity contribution is 0.856. The fourth-order valence-electron chi connectivity index (χ4n) is 2.50. The summed E-state index contributed by atoms with van der Waals surface area (Å²) in [4.78, 5) is 12.3. The highest BCUT2D eigenvalue weighted by atomic mass is 32.2. The lowest BCUT2D eigenvalue weighted by atomic mass is 10.2. The van der Waals surface area contributed by atoms with E-state index < -0.39 is 0 Å². The van der Waals surface area contributed by atoms with Crippen molar-refractivity contribution < 1.29 is 0 Å². The van der Waals surface area contributed by atoms with E-state index in [0.29, 0.717) is 5.78 Å². The Labute approximate surface area is 140 Å². The summed E-state index contributed by atoms with van der Waals surface area (Å²) in [5.74, 6) is 1.39. The van der Waals surface area contributed by atoms with Gasteiger partial charge in [0.25, 0.3) is 5.56 Å². The highest BCUT2D eigenvalue weighted by molar-refractivity contribution is 7.98. The van der Waals surface area contributed by atoms with Crippen LogP contribution in [0.3, 0.4) is 0 Å². The number of hydrogen-bond donors (Lipinski definition) is 0. The minimum Gasteiger partial charge on any atom is -0.279 e. The molecule has 3 heterocycles. The molecule has 0 fully saturated rings. The Balaban J connectivity index is 1.79. The highest BCUT2D eigenvalue weighted by Crippen LogP contribution is 2.26. The number of aromatic nitrogens is 4. The van der Waals surface area contributed by atoms with Crippen molar-refractivity contribution >= 4 is 39.1 Å². The summed E-state index contributed by atoms with van der Waals surface area (Å²) in [5, 5.41) is 11.2. The zero-order chi connectivity index (χ0) is 16.0. The minimum absolute atomic E-state index is 0.0232. The van der Waals surface area contributed by atoms with Crippen LogP contribution in [0.5, 0.6) is 0 Å². The van der Waals surface area contributed by atoms with Crippen molar-refractivity contribution in [2.24, 2.45) is 7.05 Å². The van der Waals surface area contributed by atoms with Gasteiger partial charge in [-0.15, -0.1) is 21.5 Å². The van der Waals surface area contributed by atoms with Crippen LogP contribution in [-0.4, -0.2) is 19.2 Å². The van der Waals surface area contributed by atoms with Crippen LogP contribution in [0.15, 0.2) is 45.7 Å². The number of hydrogen-bond acceptors (Lipinski definition) is 5. The van der Waals surface area contributed by atoms with Crippen LogP contribution >= 0.6 is 23.1 Å². The average molecular weight is 342 g/mol. The molecule has 0 unspecified atom stereocenters. The van der Waals surface area contributed by atoms with Crippen molar-refractivity contribution in [3.8, 4) is 0 Å². The van der Waals surface area contributed by atoms with Crippen molar-refractivity contribution in [3.63, 3.8) is 0 Å². The maximum Gasteiger partial charge on any atom is 0.272 e. The zero-order valence-corrected chi connectivity index (χ0v) is 14.3. The Morgan fingerprint density at radius 1 is 1.17 bits per heavy atom. The van der Waals surface area contributed by atoms with Gasteiger partial charge in [0.1, 0.15) is 4.70 Å². The third-order valence-corrected chi connectivity index (χ3v) is 5.68. The summed E-state index contributed by atoms with van der Waals surface area (Å²) < 4.78 is 4.26. The molecule has 0 bridgehead atoms. The average Bonchev–Trinajstić information content (AvgIpc) is 3.18. The molecule has 0 N–H and O–H groups in total. The van der Waals surface area contributed by atoms with E-state index in [2.05, 4.69) is 41.4 Å². The molecule has 0 atom stereocenters. The predicted octanol–water partition coefficient (Wildman–Crippen LogP) is 3.24. The largest absolute Gasteiger partial charge is 0.279 e. The van der Waals surface area contributed by atoms with Gasteiger partial charge >= 0.3 is 0 Å². The van der Waals surface area contributed by atoms with Crippen LogP contribution in [-0.2, 0) is 12.8 Å². The van der Waals surface area contributed by atoms with Crippen molar-refractivity contribution in [2.45, 2.75) is 17.8 Å². The van der Waals surface area contributed by atoms with Crippen LogP contribution < -0.4 is 5.56 Å². The van der Waals surface area contributed by atoms with E-state index in [1.54, 1.807) is 23.4 Å². The van der Waals surface area contributed by atoms with Crippen LogP contribution in [0.2, 0.25) is 0 Å². The summed E-state index contributed by atoms with van der Waals surface area (Å²) in [6.07, 6.45) is 0. The molecule has 4 rings (SSSR count). The fourth-order valence-corrected chi connectivity index (χ4v) is 4.24. The van der Waals surface area contributed by atoms with Crippen LogP contribution in [0.25, 0.3) is 16.0 Å². The molecule has 0 aliphatic rings. The summed E-state index contributed by atoms with van der Waals surface area (Å²) in [6.45, 7) is 2.08. The first kappa shape index (κ1) is 14.5. The zero-order valence-electron chi connectivity index (χ0n) is 12.7. The molecule has 23 heavy (non-hydrogen) atoms. The number of aryl methyl sites for hydroxylation is 2. The Morgan fingerprint density at radius 2 is 1.96 bits per heavy atom. The lowest BCUT2D eigenvalue weighted by Crippen LogP contribution is -2.18. The SMILES string of the molecule is Cc1ccc(CSc2nnc3n(C)c(=O)c4sccc4n23)cc1. The van der Waals surface area contributed by atoms with Crippen LogP contribution in [0.1, 0.15) is 11.1 Å². The number of nitrogens with zero attached hydrogens (tertiary/aromatic N) is 4. The van der Waals surface area contributed by atoms with Gasteiger partial charge in [-0.1, -0.05) is 41.6 Å². The normalized spacial score (nSPS) is 11.6. The number of thiophene rings is 1.